The van der Waals surface area contributed by atoms with Gasteiger partial charge in [0, 0.05) is 5.56 Å². The molecule has 2 heteroatoms. The van der Waals surface area contributed by atoms with Crippen molar-refractivity contribution in [3.8, 4) is 11.5 Å². The molecule has 0 amide bonds. The van der Waals surface area contributed by atoms with E-state index in [1.54, 1.807) is 14.2 Å². The molecule has 0 unspecified atom stereocenters. The first-order chi connectivity index (χ1) is 7.20. The van der Waals surface area contributed by atoms with E-state index in [0.717, 1.165) is 11.5 Å². The summed E-state index contributed by atoms with van der Waals surface area (Å²) in [5, 5.41) is 0. The van der Waals surface area contributed by atoms with Crippen LogP contribution < -0.4 is 9.47 Å². The van der Waals surface area contributed by atoms with Gasteiger partial charge in [0.15, 0.2) is 11.5 Å². The Morgan fingerprint density at radius 3 is 2.00 bits per heavy atom. The lowest BCUT2D eigenvalue weighted by atomic mass is 10.0. The van der Waals surface area contributed by atoms with Crippen LogP contribution in [0.15, 0.2) is 18.2 Å². The first-order valence-corrected chi connectivity index (χ1v) is 5.41. The molecule has 2 nitrogen and oxygen atoms in total. The number of hydrogen-bond acceptors (Lipinski definition) is 2. The third-order valence-electron chi connectivity index (χ3n) is 2.06. The summed E-state index contributed by atoms with van der Waals surface area (Å²) in [4.78, 5) is 0. The molecule has 0 aromatic heterocycles. The van der Waals surface area contributed by atoms with Gasteiger partial charge < -0.3 is 9.47 Å². The molecule has 0 aliphatic carbocycles. The maximum Gasteiger partial charge on any atom is 0.164 e. The molecule has 1 rings (SSSR count). The van der Waals surface area contributed by atoms with Gasteiger partial charge in [-0.3, -0.25) is 0 Å². The highest BCUT2D eigenvalue weighted by Gasteiger charge is 2.11. The van der Waals surface area contributed by atoms with Gasteiger partial charge in [-0.15, -0.1) is 0 Å². The SMILES string of the molecule is CC.COc1cccc(C(C)C)c1OC. The molecular formula is C13H22O2. The summed E-state index contributed by atoms with van der Waals surface area (Å²) in [6, 6.07) is 5.95. The molecule has 1 aromatic carbocycles. The minimum absolute atomic E-state index is 0.449. The van der Waals surface area contributed by atoms with Gasteiger partial charge in [0.1, 0.15) is 0 Å². The Morgan fingerprint density at radius 1 is 1.00 bits per heavy atom. The summed E-state index contributed by atoms with van der Waals surface area (Å²) in [6.07, 6.45) is 0. The van der Waals surface area contributed by atoms with Crippen molar-refractivity contribution in [3.63, 3.8) is 0 Å². The summed E-state index contributed by atoms with van der Waals surface area (Å²) >= 11 is 0. The average molecular weight is 210 g/mol. The summed E-state index contributed by atoms with van der Waals surface area (Å²) in [5.41, 5.74) is 1.18. The third kappa shape index (κ3) is 3.46. The molecule has 0 N–H and O–H groups in total. The van der Waals surface area contributed by atoms with Gasteiger partial charge >= 0.3 is 0 Å². The number of benzene rings is 1. The fourth-order valence-electron chi connectivity index (χ4n) is 1.37. The number of methoxy groups -OCH3 is 2. The predicted octanol–water partition coefficient (Wildman–Crippen LogP) is 3.85. The molecule has 0 aliphatic rings. The van der Waals surface area contributed by atoms with Crippen LogP contribution in [0, 0.1) is 0 Å². The zero-order valence-electron chi connectivity index (χ0n) is 10.6. The van der Waals surface area contributed by atoms with Gasteiger partial charge in [-0.1, -0.05) is 39.8 Å². The van der Waals surface area contributed by atoms with Crippen molar-refractivity contribution in [3.05, 3.63) is 23.8 Å². The maximum absolute atomic E-state index is 5.30. The number of hydrogen-bond donors (Lipinski definition) is 0. The van der Waals surface area contributed by atoms with Crippen LogP contribution in [-0.4, -0.2) is 14.2 Å². The monoisotopic (exact) mass is 210 g/mol. The minimum Gasteiger partial charge on any atom is -0.493 e. The largest absolute Gasteiger partial charge is 0.493 e. The van der Waals surface area contributed by atoms with Crippen LogP contribution in [0.1, 0.15) is 39.2 Å². The Morgan fingerprint density at radius 2 is 1.60 bits per heavy atom. The van der Waals surface area contributed by atoms with E-state index in [4.69, 9.17) is 9.47 Å². The highest BCUT2D eigenvalue weighted by atomic mass is 16.5. The van der Waals surface area contributed by atoms with E-state index in [2.05, 4.69) is 19.9 Å². The van der Waals surface area contributed by atoms with Crippen molar-refractivity contribution >= 4 is 0 Å². The van der Waals surface area contributed by atoms with Crippen molar-refractivity contribution in [2.75, 3.05) is 14.2 Å². The lowest BCUT2D eigenvalue weighted by Crippen LogP contribution is -1.97. The lowest BCUT2D eigenvalue weighted by molar-refractivity contribution is 0.350. The highest BCUT2D eigenvalue weighted by Crippen LogP contribution is 2.34. The van der Waals surface area contributed by atoms with Crippen molar-refractivity contribution in [1.82, 2.24) is 0 Å². The van der Waals surface area contributed by atoms with Crippen molar-refractivity contribution < 1.29 is 9.47 Å². The van der Waals surface area contributed by atoms with E-state index in [9.17, 15) is 0 Å². The molecule has 1 aromatic rings. The molecule has 0 saturated heterocycles. The number of rotatable bonds is 3. The van der Waals surface area contributed by atoms with E-state index in [1.807, 2.05) is 26.0 Å². The van der Waals surface area contributed by atoms with E-state index in [-0.39, 0.29) is 0 Å². The molecule has 0 atom stereocenters. The fraction of sp³-hybridized carbons (Fsp3) is 0.538. The number of ether oxygens (including phenoxy) is 2. The van der Waals surface area contributed by atoms with Gasteiger partial charge in [-0.05, 0) is 12.0 Å². The Labute approximate surface area is 93.2 Å². The van der Waals surface area contributed by atoms with Crippen molar-refractivity contribution in [2.45, 2.75) is 33.6 Å². The van der Waals surface area contributed by atoms with Gasteiger partial charge in [0.25, 0.3) is 0 Å². The van der Waals surface area contributed by atoms with Crippen LogP contribution in [0.5, 0.6) is 11.5 Å². The Kier molecular flexibility index (Phi) is 6.59. The quantitative estimate of drug-likeness (QED) is 0.754. The van der Waals surface area contributed by atoms with Crippen LogP contribution in [0.25, 0.3) is 0 Å². The maximum atomic E-state index is 5.30. The van der Waals surface area contributed by atoms with Crippen LogP contribution in [0.2, 0.25) is 0 Å². The van der Waals surface area contributed by atoms with Crippen molar-refractivity contribution in [2.24, 2.45) is 0 Å². The fourth-order valence-corrected chi connectivity index (χ4v) is 1.37. The molecule has 0 saturated carbocycles. The van der Waals surface area contributed by atoms with Crippen LogP contribution in [0.3, 0.4) is 0 Å². The third-order valence-corrected chi connectivity index (χ3v) is 2.06. The summed E-state index contributed by atoms with van der Waals surface area (Å²) in [5.74, 6) is 2.10. The zero-order valence-corrected chi connectivity index (χ0v) is 10.6. The topological polar surface area (TPSA) is 18.5 Å². The molecule has 0 bridgehead atoms. The Balaban J connectivity index is 0.000000921. The van der Waals surface area contributed by atoms with Crippen LogP contribution in [-0.2, 0) is 0 Å². The Bertz CT molecular complexity index is 280. The Hall–Kier alpha value is -1.18. The molecule has 15 heavy (non-hydrogen) atoms. The van der Waals surface area contributed by atoms with Crippen LogP contribution >= 0.6 is 0 Å². The number of para-hydroxylation sites is 1. The second kappa shape index (κ2) is 7.16. The van der Waals surface area contributed by atoms with Gasteiger partial charge in [0.05, 0.1) is 14.2 Å². The average Bonchev–Trinajstić information content (AvgIpc) is 2.30. The second-order valence-corrected chi connectivity index (χ2v) is 3.24. The molecule has 0 heterocycles. The smallest absolute Gasteiger partial charge is 0.164 e. The standard InChI is InChI=1S/C11H16O2.C2H6/c1-8(2)9-6-5-7-10(12-3)11(9)13-4;1-2/h5-8H,1-4H3;1-2H3. The molecule has 0 aliphatic heterocycles. The molecular weight excluding hydrogens is 188 g/mol. The molecule has 86 valence electrons. The summed E-state index contributed by atoms with van der Waals surface area (Å²) in [6.45, 7) is 8.27. The molecule has 0 fully saturated rings. The molecule has 0 spiro atoms. The molecule has 0 radical (unpaired) electrons. The van der Waals surface area contributed by atoms with E-state index in [0.29, 0.717) is 5.92 Å². The first-order valence-electron chi connectivity index (χ1n) is 5.41. The van der Waals surface area contributed by atoms with Gasteiger partial charge in [-0.2, -0.15) is 0 Å². The van der Waals surface area contributed by atoms with Crippen molar-refractivity contribution in [1.29, 1.82) is 0 Å². The summed E-state index contributed by atoms with van der Waals surface area (Å²) < 4.78 is 10.5. The van der Waals surface area contributed by atoms with E-state index in [1.165, 1.54) is 5.56 Å². The van der Waals surface area contributed by atoms with Gasteiger partial charge in [-0.25, -0.2) is 0 Å². The zero-order chi connectivity index (χ0) is 11.8. The van der Waals surface area contributed by atoms with E-state index < -0.39 is 0 Å². The normalized spacial score (nSPS) is 9.27. The van der Waals surface area contributed by atoms with Crippen LogP contribution in [0.4, 0.5) is 0 Å². The van der Waals surface area contributed by atoms with Gasteiger partial charge in [0.2, 0.25) is 0 Å². The predicted molar refractivity (Wildman–Crippen MR) is 65.0 cm³/mol. The lowest BCUT2D eigenvalue weighted by Gasteiger charge is -2.14. The second-order valence-electron chi connectivity index (χ2n) is 3.24. The highest BCUT2D eigenvalue weighted by molar-refractivity contribution is 5.47. The first kappa shape index (κ1) is 13.8. The summed E-state index contributed by atoms with van der Waals surface area (Å²) in [7, 11) is 3.33. The van der Waals surface area contributed by atoms with E-state index >= 15 is 0 Å². The minimum atomic E-state index is 0.449.